The molecule has 2 nitrogen and oxygen atoms in total. The molecule has 2 aromatic carbocycles. The second-order valence-electron chi connectivity index (χ2n) is 3.65. The van der Waals surface area contributed by atoms with E-state index in [0.717, 1.165) is 22.1 Å². The van der Waals surface area contributed by atoms with Crippen LogP contribution in [0.3, 0.4) is 0 Å². The summed E-state index contributed by atoms with van der Waals surface area (Å²) < 4.78 is 5.14. The zero-order chi connectivity index (χ0) is 11.5. The van der Waals surface area contributed by atoms with Gasteiger partial charge in [0.1, 0.15) is 11.5 Å². The molecule has 1 N–H and O–H groups in total. The third kappa shape index (κ3) is 1.74. The van der Waals surface area contributed by atoms with Crippen LogP contribution in [0.15, 0.2) is 43.0 Å². The molecule has 0 unspecified atom stereocenters. The predicted molar refractivity (Wildman–Crippen MR) is 66.1 cm³/mol. The van der Waals surface area contributed by atoms with Gasteiger partial charge in [-0.15, -0.1) is 6.58 Å². The number of methoxy groups -OCH3 is 1. The quantitative estimate of drug-likeness (QED) is 0.794. The topological polar surface area (TPSA) is 29.5 Å². The molecule has 0 amide bonds. The zero-order valence-corrected chi connectivity index (χ0v) is 9.23. The van der Waals surface area contributed by atoms with Crippen molar-refractivity contribution in [3.8, 4) is 11.5 Å². The van der Waals surface area contributed by atoms with Crippen molar-refractivity contribution >= 4 is 10.8 Å². The van der Waals surface area contributed by atoms with Crippen LogP contribution in [0.1, 0.15) is 5.56 Å². The van der Waals surface area contributed by atoms with E-state index in [4.69, 9.17) is 4.74 Å². The molecule has 0 aliphatic carbocycles. The molecule has 82 valence electrons. The number of aromatic hydroxyl groups is 1. The Morgan fingerprint density at radius 1 is 1.31 bits per heavy atom. The van der Waals surface area contributed by atoms with E-state index in [-0.39, 0.29) is 0 Å². The van der Waals surface area contributed by atoms with E-state index in [9.17, 15) is 5.11 Å². The van der Waals surface area contributed by atoms with Crippen molar-refractivity contribution in [3.05, 3.63) is 48.6 Å². The first-order valence-corrected chi connectivity index (χ1v) is 5.15. The molecule has 0 saturated heterocycles. The Morgan fingerprint density at radius 3 is 2.81 bits per heavy atom. The first kappa shape index (κ1) is 10.6. The molecular formula is C14H14O2. The fraction of sp³-hybridized carbons (Fsp3) is 0.143. The van der Waals surface area contributed by atoms with Gasteiger partial charge in [0, 0.05) is 5.39 Å². The van der Waals surface area contributed by atoms with E-state index in [2.05, 4.69) is 6.58 Å². The van der Waals surface area contributed by atoms with Crippen molar-refractivity contribution < 1.29 is 9.84 Å². The molecule has 2 heteroatoms. The Morgan fingerprint density at radius 2 is 2.12 bits per heavy atom. The SMILES string of the molecule is C=CCc1ccc2cc(OC)ccc2c1O. The lowest BCUT2D eigenvalue weighted by Gasteiger charge is -2.07. The Kier molecular flexibility index (Phi) is 2.82. The number of ether oxygens (including phenoxy) is 1. The Balaban J connectivity index is 2.61. The molecule has 0 heterocycles. The standard InChI is InChI=1S/C14H14O2/c1-3-4-10-5-6-11-9-12(16-2)7-8-13(11)14(10)15/h3,5-9,15H,1,4H2,2H3. The summed E-state index contributed by atoms with van der Waals surface area (Å²) >= 11 is 0. The largest absolute Gasteiger partial charge is 0.507 e. The van der Waals surface area contributed by atoms with Gasteiger partial charge in [-0.1, -0.05) is 18.2 Å². The summed E-state index contributed by atoms with van der Waals surface area (Å²) in [5.41, 5.74) is 0.896. The summed E-state index contributed by atoms with van der Waals surface area (Å²) in [7, 11) is 1.63. The van der Waals surface area contributed by atoms with Crippen molar-refractivity contribution in [1.29, 1.82) is 0 Å². The van der Waals surface area contributed by atoms with Gasteiger partial charge in [0.25, 0.3) is 0 Å². The minimum absolute atomic E-state index is 0.333. The fourth-order valence-electron chi connectivity index (χ4n) is 1.78. The molecule has 0 aliphatic heterocycles. The number of allylic oxidation sites excluding steroid dienone is 1. The van der Waals surface area contributed by atoms with Gasteiger partial charge in [0.05, 0.1) is 7.11 Å². The van der Waals surface area contributed by atoms with Gasteiger partial charge in [0.15, 0.2) is 0 Å². The summed E-state index contributed by atoms with van der Waals surface area (Å²) in [6.07, 6.45) is 2.46. The lowest BCUT2D eigenvalue weighted by atomic mass is 10.0. The second-order valence-corrected chi connectivity index (χ2v) is 3.65. The van der Waals surface area contributed by atoms with Gasteiger partial charge in [-0.3, -0.25) is 0 Å². The Bertz CT molecular complexity index is 529. The summed E-state index contributed by atoms with van der Waals surface area (Å²) in [4.78, 5) is 0. The zero-order valence-electron chi connectivity index (χ0n) is 9.23. The lowest BCUT2D eigenvalue weighted by molar-refractivity contribution is 0.415. The number of rotatable bonds is 3. The van der Waals surface area contributed by atoms with Crippen LogP contribution >= 0.6 is 0 Å². The molecule has 0 spiro atoms. The normalized spacial score (nSPS) is 10.3. The molecule has 0 radical (unpaired) electrons. The third-order valence-electron chi connectivity index (χ3n) is 2.65. The highest BCUT2D eigenvalue weighted by molar-refractivity contribution is 5.90. The highest BCUT2D eigenvalue weighted by atomic mass is 16.5. The van der Waals surface area contributed by atoms with Gasteiger partial charge in [-0.05, 0) is 35.6 Å². The number of hydrogen-bond acceptors (Lipinski definition) is 2. The molecule has 16 heavy (non-hydrogen) atoms. The van der Waals surface area contributed by atoms with Crippen molar-refractivity contribution in [2.75, 3.05) is 7.11 Å². The van der Waals surface area contributed by atoms with Crippen molar-refractivity contribution in [2.45, 2.75) is 6.42 Å². The van der Waals surface area contributed by atoms with E-state index in [1.54, 1.807) is 13.2 Å². The van der Waals surface area contributed by atoms with E-state index in [0.29, 0.717) is 12.2 Å². The van der Waals surface area contributed by atoms with Gasteiger partial charge >= 0.3 is 0 Å². The van der Waals surface area contributed by atoms with Gasteiger partial charge in [-0.2, -0.15) is 0 Å². The first-order valence-electron chi connectivity index (χ1n) is 5.15. The molecule has 2 aromatic rings. The van der Waals surface area contributed by atoms with Gasteiger partial charge in [-0.25, -0.2) is 0 Å². The molecular weight excluding hydrogens is 200 g/mol. The van der Waals surface area contributed by atoms with Crippen LogP contribution in [0.25, 0.3) is 10.8 Å². The summed E-state index contributed by atoms with van der Waals surface area (Å²) in [5.74, 6) is 1.13. The maximum atomic E-state index is 10.1. The average Bonchev–Trinajstić information content (AvgIpc) is 2.32. The van der Waals surface area contributed by atoms with Gasteiger partial charge in [0.2, 0.25) is 0 Å². The van der Waals surface area contributed by atoms with Crippen molar-refractivity contribution in [1.82, 2.24) is 0 Å². The fourth-order valence-corrected chi connectivity index (χ4v) is 1.78. The number of benzene rings is 2. The molecule has 0 aromatic heterocycles. The molecule has 0 fully saturated rings. The lowest BCUT2D eigenvalue weighted by Crippen LogP contribution is -1.86. The third-order valence-corrected chi connectivity index (χ3v) is 2.65. The summed E-state index contributed by atoms with van der Waals surface area (Å²) in [6.45, 7) is 3.67. The minimum Gasteiger partial charge on any atom is -0.507 e. The van der Waals surface area contributed by atoms with Crippen LogP contribution in [-0.2, 0) is 6.42 Å². The summed E-state index contributed by atoms with van der Waals surface area (Å²) in [6, 6.07) is 9.53. The van der Waals surface area contributed by atoms with Crippen LogP contribution < -0.4 is 4.74 Å². The predicted octanol–water partition coefficient (Wildman–Crippen LogP) is 3.28. The van der Waals surface area contributed by atoms with Crippen LogP contribution in [-0.4, -0.2) is 12.2 Å². The Labute approximate surface area is 94.8 Å². The van der Waals surface area contributed by atoms with Crippen LogP contribution in [0, 0.1) is 0 Å². The van der Waals surface area contributed by atoms with E-state index < -0.39 is 0 Å². The van der Waals surface area contributed by atoms with Crippen LogP contribution in [0.2, 0.25) is 0 Å². The first-order chi connectivity index (χ1) is 7.76. The number of fused-ring (bicyclic) bond motifs is 1. The maximum Gasteiger partial charge on any atom is 0.126 e. The molecule has 2 rings (SSSR count). The smallest absolute Gasteiger partial charge is 0.126 e. The highest BCUT2D eigenvalue weighted by Crippen LogP contribution is 2.31. The van der Waals surface area contributed by atoms with E-state index in [1.807, 2.05) is 30.3 Å². The van der Waals surface area contributed by atoms with Gasteiger partial charge < -0.3 is 9.84 Å². The number of phenolic OH excluding ortho intramolecular Hbond substituents is 1. The van der Waals surface area contributed by atoms with Crippen LogP contribution in [0.4, 0.5) is 0 Å². The number of phenols is 1. The van der Waals surface area contributed by atoms with Crippen molar-refractivity contribution in [2.24, 2.45) is 0 Å². The van der Waals surface area contributed by atoms with E-state index >= 15 is 0 Å². The minimum atomic E-state index is 0.333. The monoisotopic (exact) mass is 214 g/mol. The maximum absolute atomic E-state index is 10.1. The Hall–Kier alpha value is -1.96. The molecule has 0 aliphatic rings. The molecule has 0 bridgehead atoms. The molecule has 0 atom stereocenters. The number of hydrogen-bond donors (Lipinski definition) is 1. The highest BCUT2D eigenvalue weighted by Gasteiger charge is 2.05. The van der Waals surface area contributed by atoms with Crippen LogP contribution in [0.5, 0.6) is 11.5 Å². The summed E-state index contributed by atoms with van der Waals surface area (Å²) in [5, 5.41) is 11.9. The second kappa shape index (κ2) is 4.27. The van der Waals surface area contributed by atoms with E-state index in [1.165, 1.54) is 0 Å². The molecule has 0 saturated carbocycles. The average molecular weight is 214 g/mol. The van der Waals surface area contributed by atoms with Crippen molar-refractivity contribution in [3.63, 3.8) is 0 Å².